The molecule has 1 N–H and O–H groups in total. The molecule has 0 saturated carbocycles. The van der Waals surface area contributed by atoms with Crippen molar-refractivity contribution in [3.63, 3.8) is 0 Å². The zero-order chi connectivity index (χ0) is 13.7. The van der Waals surface area contributed by atoms with Crippen LogP contribution in [0.1, 0.15) is 29.5 Å². The summed E-state index contributed by atoms with van der Waals surface area (Å²) in [7, 11) is 0. The van der Waals surface area contributed by atoms with Crippen molar-refractivity contribution < 1.29 is 0 Å². The van der Waals surface area contributed by atoms with E-state index in [-0.39, 0.29) is 0 Å². The fourth-order valence-electron chi connectivity index (χ4n) is 2.15. The van der Waals surface area contributed by atoms with Crippen LogP contribution in [0.3, 0.4) is 0 Å². The Morgan fingerprint density at radius 2 is 1.84 bits per heavy atom. The summed E-state index contributed by atoms with van der Waals surface area (Å²) in [5, 5.41) is 3.53. The first-order valence-corrected chi connectivity index (χ1v) is 7.47. The molecule has 2 aromatic carbocycles. The van der Waals surface area contributed by atoms with E-state index in [9.17, 15) is 0 Å². The van der Waals surface area contributed by atoms with Crippen molar-refractivity contribution in [1.29, 1.82) is 0 Å². The maximum absolute atomic E-state index is 3.53. The number of nitrogens with one attached hydrogen (secondary N) is 1. The van der Waals surface area contributed by atoms with E-state index in [1.165, 1.54) is 21.2 Å². The SMILES string of the molecule is Cc1cc(CNCC(C)c2ccccc2)ccc1Br. The second-order valence-electron chi connectivity index (χ2n) is 5.03. The normalized spacial score (nSPS) is 12.4. The van der Waals surface area contributed by atoms with Gasteiger partial charge >= 0.3 is 0 Å². The Hall–Kier alpha value is -1.12. The number of hydrogen-bond acceptors (Lipinski definition) is 1. The molecular formula is C17H20BrN. The minimum absolute atomic E-state index is 0.540. The molecule has 0 heterocycles. The van der Waals surface area contributed by atoms with Crippen LogP contribution in [-0.4, -0.2) is 6.54 Å². The summed E-state index contributed by atoms with van der Waals surface area (Å²) in [6.07, 6.45) is 0. The molecule has 0 aromatic heterocycles. The molecule has 0 aliphatic rings. The number of halogens is 1. The highest BCUT2D eigenvalue weighted by Crippen LogP contribution is 2.17. The molecule has 2 heteroatoms. The molecule has 0 aliphatic heterocycles. The van der Waals surface area contributed by atoms with Crippen LogP contribution in [0.5, 0.6) is 0 Å². The molecule has 1 nitrogen and oxygen atoms in total. The van der Waals surface area contributed by atoms with E-state index in [4.69, 9.17) is 0 Å². The fourth-order valence-corrected chi connectivity index (χ4v) is 2.40. The first-order valence-electron chi connectivity index (χ1n) is 6.67. The molecule has 0 radical (unpaired) electrons. The maximum atomic E-state index is 3.53. The van der Waals surface area contributed by atoms with Crippen molar-refractivity contribution in [3.8, 4) is 0 Å². The maximum Gasteiger partial charge on any atom is 0.0205 e. The van der Waals surface area contributed by atoms with E-state index in [2.05, 4.69) is 83.6 Å². The molecule has 0 spiro atoms. The topological polar surface area (TPSA) is 12.0 Å². The summed E-state index contributed by atoms with van der Waals surface area (Å²) < 4.78 is 1.17. The number of hydrogen-bond donors (Lipinski definition) is 1. The van der Waals surface area contributed by atoms with Crippen molar-refractivity contribution in [2.75, 3.05) is 6.54 Å². The van der Waals surface area contributed by atoms with Crippen molar-refractivity contribution in [2.24, 2.45) is 0 Å². The quantitative estimate of drug-likeness (QED) is 0.846. The molecule has 0 aliphatic carbocycles. The Morgan fingerprint density at radius 3 is 2.53 bits per heavy atom. The van der Waals surface area contributed by atoms with Gasteiger partial charge in [-0.05, 0) is 35.6 Å². The van der Waals surface area contributed by atoms with Crippen LogP contribution in [0.25, 0.3) is 0 Å². The highest BCUT2D eigenvalue weighted by molar-refractivity contribution is 9.10. The van der Waals surface area contributed by atoms with Crippen LogP contribution in [0, 0.1) is 6.92 Å². The zero-order valence-electron chi connectivity index (χ0n) is 11.5. The van der Waals surface area contributed by atoms with Gasteiger partial charge in [-0.1, -0.05) is 65.3 Å². The van der Waals surface area contributed by atoms with Gasteiger partial charge in [0.2, 0.25) is 0 Å². The highest BCUT2D eigenvalue weighted by Gasteiger charge is 2.04. The lowest BCUT2D eigenvalue weighted by molar-refractivity contribution is 0.615. The Morgan fingerprint density at radius 1 is 1.11 bits per heavy atom. The van der Waals surface area contributed by atoms with E-state index in [0.717, 1.165) is 13.1 Å². The average molecular weight is 318 g/mol. The Balaban J connectivity index is 1.85. The lowest BCUT2D eigenvalue weighted by Crippen LogP contribution is -2.19. The van der Waals surface area contributed by atoms with Gasteiger partial charge in [0.05, 0.1) is 0 Å². The van der Waals surface area contributed by atoms with Crippen LogP contribution in [0.2, 0.25) is 0 Å². The van der Waals surface area contributed by atoms with Gasteiger partial charge in [0, 0.05) is 17.6 Å². The third kappa shape index (κ3) is 4.19. The van der Waals surface area contributed by atoms with Crippen LogP contribution in [0.15, 0.2) is 53.0 Å². The second-order valence-corrected chi connectivity index (χ2v) is 5.88. The van der Waals surface area contributed by atoms with Gasteiger partial charge < -0.3 is 5.32 Å². The van der Waals surface area contributed by atoms with Gasteiger partial charge in [0.1, 0.15) is 0 Å². The summed E-state index contributed by atoms with van der Waals surface area (Å²) >= 11 is 3.53. The predicted molar refractivity (Wildman–Crippen MR) is 85.4 cm³/mol. The molecule has 0 fully saturated rings. The molecule has 1 atom stereocenters. The lowest BCUT2D eigenvalue weighted by atomic mass is 10.0. The lowest BCUT2D eigenvalue weighted by Gasteiger charge is -2.13. The monoisotopic (exact) mass is 317 g/mol. The van der Waals surface area contributed by atoms with Crippen molar-refractivity contribution >= 4 is 15.9 Å². The molecule has 100 valence electrons. The molecule has 0 saturated heterocycles. The van der Waals surface area contributed by atoms with E-state index in [0.29, 0.717) is 5.92 Å². The van der Waals surface area contributed by atoms with Crippen LogP contribution < -0.4 is 5.32 Å². The van der Waals surface area contributed by atoms with E-state index < -0.39 is 0 Å². The molecule has 2 aromatic rings. The second kappa shape index (κ2) is 6.88. The summed E-state index contributed by atoms with van der Waals surface area (Å²) in [4.78, 5) is 0. The molecule has 0 amide bonds. The van der Waals surface area contributed by atoms with E-state index >= 15 is 0 Å². The van der Waals surface area contributed by atoms with Crippen molar-refractivity contribution in [3.05, 3.63) is 69.7 Å². The third-order valence-electron chi connectivity index (χ3n) is 3.37. The van der Waals surface area contributed by atoms with Crippen molar-refractivity contribution in [1.82, 2.24) is 5.32 Å². The van der Waals surface area contributed by atoms with Gasteiger partial charge in [-0.25, -0.2) is 0 Å². The molecular weight excluding hydrogens is 298 g/mol. The number of benzene rings is 2. The van der Waals surface area contributed by atoms with Crippen LogP contribution in [0.4, 0.5) is 0 Å². The fraction of sp³-hybridized carbons (Fsp3) is 0.294. The Kier molecular flexibility index (Phi) is 5.17. The first kappa shape index (κ1) is 14.3. The van der Waals surface area contributed by atoms with Crippen LogP contribution >= 0.6 is 15.9 Å². The van der Waals surface area contributed by atoms with Gasteiger partial charge in [-0.15, -0.1) is 0 Å². The molecule has 1 unspecified atom stereocenters. The van der Waals surface area contributed by atoms with Gasteiger partial charge in [0.15, 0.2) is 0 Å². The summed E-state index contributed by atoms with van der Waals surface area (Å²) in [6.45, 7) is 6.31. The van der Waals surface area contributed by atoms with Crippen molar-refractivity contribution in [2.45, 2.75) is 26.3 Å². The highest BCUT2D eigenvalue weighted by atomic mass is 79.9. The van der Waals surface area contributed by atoms with E-state index in [1.807, 2.05) is 0 Å². The summed E-state index contributed by atoms with van der Waals surface area (Å²) in [5.74, 6) is 0.540. The predicted octanol–water partition coefficient (Wildman–Crippen LogP) is 4.65. The Bertz CT molecular complexity index is 522. The minimum atomic E-state index is 0.540. The first-order chi connectivity index (χ1) is 9.16. The Labute approximate surface area is 124 Å². The van der Waals surface area contributed by atoms with Gasteiger partial charge in [-0.2, -0.15) is 0 Å². The largest absolute Gasteiger partial charge is 0.312 e. The molecule has 19 heavy (non-hydrogen) atoms. The zero-order valence-corrected chi connectivity index (χ0v) is 13.1. The van der Waals surface area contributed by atoms with E-state index in [1.54, 1.807) is 0 Å². The van der Waals surface area contributed by atoms with Gasteiger partial charge in [0.25, 0.3) is 0 Å². The molecule has 0 bridgehead atoms. The number of rotatable bonds is 5. The smallest absolute Gasteiger partial charge is 0.0205 e. The minimum Gasteiger partial charge on any atom is -0.312 e. The van der Waals surface area contributed by atoms with Gasteiger partial charge in [-0.3, -0.25) is 0 Å². The third-order valence-corrected chi connectivity index (χ3v) is 4.26. The summed E-state index contributed by atoms with van der Waals surface area (Å²) in [5.41, 5.74) is 4.01. The standard InChI is InChI=1S/C17H20BrN/c1-13-10-15(8-9-17(13)18)12-19-11-14(2)16-6-4-3-5-7-16/h3-10,14,19H,11-12H2,1-2H3. The summed E-state index contributed by atoms with van der Waals surface area (Å²) in [6, 6.07) is 17.2. The average Bonchev–Trinajstić information content (AvgIpc) is 2.43. The van der Waals surface area contributed by atoms with Crippen LogP contribution in [-0.2, 0) is 6.54 Å². The number of aryl methyl sites for hydroxylation is 1. The molecule has 2 rings (SSSR count).